The van der Waals surface area contributed by atoms with E-state index in [2.05, 4.69) is 20.5 Å². The van der Waals surface area contributed by atoms with Gasteiger partial charge in [0, 0.05) is 0 Å². The van der Waals surface area contributed by atoms with Crippen molar-refractivity contribution in [1.29, 1.82) is 0 Å². The van der Waals surface area contributed by atoms with Gasteiger partial charge in [0.15, 0.2) is 0 Å². The Kier molecular flexibility index (Phi) is 2.36. The minimum absolute atomic E-state index is 0.238. The SMILES string of the molecule is Fc1ccc(Oc2nc3ccsc3c3nnnn23)cc1. The molecule has 0 aliphatic carbocycles. The minimum atomic E-state index is -0.328. The zero-order valence-corrected chi connectivity index (χ0v) is 10.7. The quantitative estimate of drug-likeness (QED) is 0.567. The van der Waals surface area contributed by atoms with E-state index in [4.69, 9.17) is 4.74 Å². The van der Waals surface area contributed by atoms with Crippen LogP contribution in [0.25, 0.3) is 15.9 Å². The Hall–Kier alpha value is -2.61. The van der Waals surface area contributed by atoms with Crippen molar-refractivity contribution in [3.8, 4) is 11.8 Å². The van der Waals surface area contributed by atoms with Crippen LogP contribution in [0.4, 0.5) is 4.39 Å². The standard InChI is InChI=1S/C12H6FN5OS/c13-7-1-3-8(4-2-7)19-12-14-9-5-6-20-10(9)11-15-16-17-18(11)12/h1-6H. The van der Waals surface area contributed by atoms with E-state index in [1.807, 2.05) is 11.4 Å². The van der Waals surface area contributed by atoms with Crippen LogP contribution >= 0.6 is 11.3 Å². The summed E-state index contributed by atoms with van der Waals surface area (Å²) in [7, 11) is 0. The second-order valence-electron chi connectivity index (χ2n) is 4.00. The second-order valence-corrected chi connectivity index (χ2v) is 4.92. The molecule has 0 aliphatic heterocycles. The molecular formula is C12H6FN5OS. The monoisotopic (exact) mass is 287 g/mol. The highest BCUT2D eigenvalue weighted by molar-refractivity contribution is 7.17. The Bertz CT molecular complexity index is 901. The van der Waals surface area contributed by atoms with Crippen LogP contribution in [0.5, 0.6) is 11.8 Å². The van der Waals surface area contributed by atoms with Gasteiger partial charge in [-0.2, -0.15) is 4.98 Å². The van der Waals surface area contributed by atoms with Crippen LogP contribution in [0.15, 0.2) is 35.7 Å². The molecule has 0 fully saturated rings. The topological polar surface area (TPSA) is 65.2 Å². The van der Waals surface area contributed by atoms with Gasteiger partial charge in [0.25, 0.3) is 0 Å². The molecule has 0 N–H and O–H groups in total. The van der Waals surface area contributed by atoms with E-state index >= 15 is 0 Å². The summed E-state index contributed by atoms with van der Waals surface area (Å²) in [6.45, 7) is 0. The van der Waals surface area contributed by atoms with Crippen LogP contribution in [-0.4, -0.2) is 25.0 Å². The number of halogens is 1. The lowest BCUT2D eigenvalue weighted by Gasteiger charge is -2.05. The van der Waals surface area contributed by atoms with Crippen molar-refractivity contribution in [2.24, 2.45) is 0 Å². The van der Waals surface area contributed by atoms with Crippen LogP contribution in [-0.2, 0) is 0 Å². The smallest absolute Gasteiger partial charge is 0.327 e. The number of thiophene rings is 1. The number of benzene rings is 1. The first-order valence-electron chi connectivity index (χ1n) is 5.70. The summed E-state index contributed by atoms with van der Waals surface area (Å²) < 4.78 is 20.8. The highest BCUT2D eigenvalue weighted by atomic mass is 32.1. The van der Waals surface area contributed by atoms with Gasteiger partial charge in [-0.05, 0) is 46.1 Å². The lowest BCUT2D eigenvalue weighted by Crippen LogP contribution is -1.99. The first kappa shape index (κ1) is 11.2. The van der Waals surface area contributed by atoms with Crippen molar-refractivity contribution in [2.45, 2.75) is 0 Å². The molecule has 0 aliphatic rings. The molecule has 20 heavy (non-hydrogen) atoms. The summed E-state index contributed by atoms with van der Waals surface area (Å²) in [6.07, 6.45) is 0. The zero-order valence-electron chi connectivity index (χ0n) is 9.89. The third kappa shape index (κ3) is 1.69. The number of rotatable bonds is 2. The fraction of sp³-hybridized carbons (Fsp3) is 0. The Morgan fingerprint density at radius 1 is 1.15 bits per heavy atom. The average Bonchev–Trinajstić information content (AvgIpc) is 3.08. The summed E-state index contributed by atoms with van der Waals surface area (Å²) >= 11 is 1.51. The van der Waals surface area contributed by atoms with Crippen molar-refractivity contribution >= 4 is 27.2 Å². The third-order valence-corrected chi connectivity index (χ3v) is 3.64. The lowest BCUT2D eigenvalue weighted by molar-refractivity contribution is 0.425. The van der Waals surface area contributed by atoms with Gasteiger partial charge in [0.2, 0.25) is 5.65 Å². The highest BCUT2D eigenvalue weighted by Crippen LogP contribution is 2.27. The van der Waals surface area contributed by atoms with Crippen LogP contribution in [0.3, 0.4) is 0 Å². The van der Waals surface area contributed by atoms with Crippen molar-refractivity contribution in [1.82, 2.24) is 25.0 Å². The zero-order chi connectivity index (χ0) is 13.5. The summed E-state index contributed by atoms with van der Waals surface area (Å²) in [5, 5.41) is 13.4. The number of ether oxygens (including phenoxy) is 1. The number of fused-ring (bicyclic) bond motifs is 3. The van der Waals surface area contributed by atoms with Crippen molar-refractivity contribution < 1.29 is 9.13 Å². The summed E-state index contributed by atoms with van der Waals surface area (Å²) in [4.78, 5) is 4.37. The molecule has 6 nitrogen and oxygen atoms in total. The van der Waals surface area contributed by atoms with Crippen molar-refractivity contribution in [3.05, 3.63) is 41.5 Å². The van der Waals surface area contributed by atoms with Gasteiger partial charge < -0.3 is 4.74 Å². The second kappa shape index (κ2) is 4.20. The van der Waals surface area contributed by atoms with E-state index in [1.54, 1.807) is 0 Å². The molecular weight excluding hydrogens is 281 g/mol. The molecule has 0 amide bonds. The maximum atomic E-state index is 12.9. The molecule has 1 aromatic carbocycles. The van der Waals surface area contributed by atoms with E-state index in [9.17, 15) is 4.39 Å². The Morgan fingerprint density at radius 2 is 2.00 bits per heavy atom. The molecule has 0 bridgehead atoms. The van der Waals surface area contributed by atoms with Crippen LogP contribution in [0.2, 0.25) is 0 Å². The van der Waals surface area contributed by atoms with Crippen molar-refractivity contribution in [3.63, 3.8) is 0 Å². The average molecular weight is 287 g/mol. The molecule has 3 aromatic heterocycles. The van der Waals surface area contributed by atoms with Crippen molar-refractivity contribution in [2.75, 3.05) is 0 Å². The Balaban J connectivity index is 1.88. The largest absolute Gasteiger partial charge is 0.424 e. The van der Waals surface area contributed by atoms with Gasteiger partial charge in [-0.25, -0.2) is 4.39 Å². The maximum absolute atomic E-state index is 12.9. The summed E-state index contributed by atoms with van der Waals surface area (Å²) in [6, 6.07) is 7.77. The first-order chi connectivity index (χ1) is 9.81. The molecule has 4 rings (SSSR count). The third-order valence-electron chi connectivity index (χ3n) is 2.74. The maximum Gasteiger partial charge on any atom is 0.327 e. The number of tetrazole rings is 1. The Labute approximate surface area is 115 Å². The molecule has 8 heteroatoms. The van der Waals surface area contributed by atoms with Gasteiger partial charge in [0.1, 0.15) is 11.6 Å². The van der Waals surface area contributed by atoms with E-state index in [0.717, 1.165) is 10.2 Å². The number of hydrogen-bond donors (Lipinski definition) is 0. The number of hydrogen-bond acceptors (Lipinski definition) is 6. The van der Waals surface area contributed by atoms with Gasteiger partial charge in [-0.1, -0.05) is 0 Å². The van der Waals surface area contributed by atoms with Gasteiger partial charge in [0.05, 0.1) is 10.2 Å². The molecule has 98 valence electrons. The highest BCUT2D eigenvalue weighted by Gasteiger charge is 2.13. The molecule has 0 saturated carbocycles. The normalized spacial score (nSPS) is 11.2. The molecule has 0 saturated heterocycles. The van der Waals surface area contributed by atoms with E-state index in [-0.39, 0.29) is 11.8 Å². The fourth-order valence-corrected chi connectivity index (χ4v) is 2.64. The molecule has 0 atom stereocenters. The van der Waals surface area contributed by atoms with Gasteiger partial charge in [-0.15, -0.1) is 21.0 Å². The van der Waals surface area contributed by atoms with E-state index in [0.29, 0.717) is 11.4 Å². The molecule has 0 spiro atoms. The molecule has 0 unspecified atom stereocenters. The van der Waals surface area contributed by atoms with E-state index in [1.165, 1.54) is 40.1 Å². The minimum Gasteiger partial charge on any atom is -0.424 e. The number of nitrogens with zero attached hydrogens (tertiary/aromatic N) is 5. The summed E-state index contributed by atoms with van der Waals surface area (Å²) in [5.41, 5.74) is 1.34. The van der Waals surface area contributed by atoms with Gasteiger partial charge >= 0.3 is 6.01 Å². The lowest BCUT2D eigenvalue weighted by atomic mass is 10.3. The van der Waals surface area contributed by atoms with Gasteiger partial charge in [-0.3, -0.25) is 0 Å². The predicted molar refractivity (Wildman–Crippen MR) is 70.4 cm³/mol. The fourth-order valence-electron chi connectivity index (χ4n) is 1.84. The molecule has 3 heterocycles. The van der Waals surface area contributed by atoms with Crippen LogP contribution in [0, 0.1) is 5.82 Å². The summed E-state index contributed by atoms with van der Waals surface area (Å²) in [5.74, 6) is 0.136. The van der Waals surface area contributed by atoms with E-state index < -0.39 is 0 Å². The van der Waals surface area contributed by atoms with Crippen LogP contribution in [0.1, 0.15) is 0 Å². The molecule has 4 aromatic rings. The first-order valence-corrected chi connectivity index (χ1v) is 6.58. The molecule has 0 radical (unpaired) electrons. The predicted octanol–water partition coefficient (Wildman–Crippen LogP) is 2.67. The van der Waals surface area contributed by atoms with Crippen LogP contribution < -0.4 is 4.74 Å². The Morgan fingerprint density at radius 3 is 2.85 bits per heavy atom. The number of aromatic nitrogens is 5.